The Labute approximate surface area is 126 Å². The first-order chi connectivity index (χ1) is 9.91. The molecule has 6 nitrogen and oxygen atoms in total. The largest absolute Gasteiger partial charge is 0.496 e. The number of ether oxygens (including phenoxy) is 1. The number of amides is 1. The molecule has 2 rings (SSSR count). The van der Waals surface area contributed by atoms with Crippen LogP contribution in [0.3, 0.4) is 0 Å². The van der Waals surface area contributed by atoms with Gasteiger partial charge in [-0.1, -0.05) is 12.1 Å². The van der Waals surface area contributed by atoms with Gasteiger partial charge in [0.15, 0.2) is 0 Å². The Balaban J connectivity index is 2.06. The molecule has 112 valence electrons. The highest BCUT2D eigenvalue weighted by atomic mass is 32.2. The third-order valence-corrected chi connectivity index (χ3v) is 5.22. The van der Waals surface area contributed by atoms with Crippen LogP contribution < -0.4 is 15.2 Å². The van der Waals surface area contributed by atoms with Crippen molar-refractivity contribution in [2.24, 2.45) is 5.14 Å². The molecule has 0 fully saturated rings. The van der Waals surface area contributed by atoms with Crippen LogP contribution in [0, 0.1) is 0 Å². The standard InChI is InChI=1S/C13H14N2O4S2/c1-19-11-5-3-2-4-10(11)13(16)15-8-9-6-7-12(20-9)21(14,17)18/h2-7H,8H2,1H3,(H,15,16)(H2,14,17,18). The first kappa shape index (κ1) is 15.5. The minimum atomic E-state index is -3.70. The van der Waals surface area contributed by atoms with Gasteiger partial charge in [-0.25, -0.2) is 13.6 Å². The summed E-state index contributed by atoms with van der Waals surface area (Å²) in [5, 5.41) is 7.74. The van der Waals surface area contributed by atoms with Gasteiger partial charge in [0.1, 0.15) is 9.96 Å². The van der Waals surface area contributed by atoms with E-state index in [-0.39, 0.29) is 16.7 Å². The number of primary sulfonamides is 1. The number of carbonyl (C=O) groups excluding carboxylic acids is 1. The smallest absolute Gasteiger partial charge is 0.255 e. The molecule has 0 aliphatic rings. The van der Waals surface area contributed by atoms with Crippen molar-refractivity contribution in [1.29, 1.82) is 0 Å². The molecule has 3 N–H and O–H groups in total. The highest BCUT2D eigenvalue weighted by Crippen LogP contribution is 2.21. The van der Waals surface area contributed by atoms with Crippen LogP contribution in [0.25, 0.3) is 0 Å². The Bertz CT molecular complexity index is 753. The Morgan fingerprint density at radius 2 is 2.00 bits per heavy atom. The number of para-hydroxylation sites is 1. The molecule has 0 aliphatic heterocycles. The van der Waals surface area contributed by atoms with Gasteiger partial charge in [0.25, 0.3) is 5.91 Å². The molecule has 1 heterocycles. The van der Waals surface area contributed by atoms with Crippen molar-refractivity contribution in [3.63, 3.8) is 0 Å². The second-order valence-corrected chi connectivity index (χ2v) is 7.11. The zero-order chi connectivity index (χ0) is 15.5. The summed E-state index contributed by atoms with van der Waals surface area (Å²) in [7, 11) is -2.21. The SMILES string of the molecule is COc1ccccc1C(=O)NCc1ccc(S(N)(=O)=O)s1. The number of methoxy groups -OCH3 is 1. The van der Waals surface area contributed by atoms with E-state index in [1.165, 1.54) is 13.2 Å². The summed E-state index contributed by atoms with van der Waals surface area (Å²) in [6.07, 6.45) is 0. The number of nitrogens with two attached hydrogens (primary N) is 1. The monoisotopic (exact) mass is 326 g/mol. The highest BCUT2D eigenvalue weighted by molar-refractivity contribution is 7.91. The maximum Gasteiger partial charge on any atom is 0.255 e. The molecule has 0 saturated heterocycles. The fraction of sp³-hybridized carbons (Fsp3) is 0.154. The van der Waals surface area contributed by atoms with E-state index in [4.69, 9.17) is 9.88 Å². The molecular formula is C13H14N2O4S2. The zero-order valence-corrected chi connectivity index (χ0v) is 12.8. The number of carbonyl (C=O) groups is 1. The van der Waals surface area contributed by atoms with Gasteiger partial charge in [-0.3, -0.25) is 4.79 Å². The number of hydrogen-bond donors (Lipinski definition) is 2. The third-order valence-electron chi connectivity index (χ3n) is 2.69. The van der Waals surface area contributed by atoms with E-state index in [1.54, 1.807) is 30.3 Å². The average molecular weight is 326 g/mol. The molecule has 0 unspecified atom stereocenters. The van der Waals surface area contributed by atoms with E-state index in [0.717, 1.165) is 11.3 Å². The minimum Gasteiger partial charge on any atom is -0.496 e. The summed E-state index contributed by atoms with van der Waals surface area (Å²) < 4.78 is 27.5. The quantitative estimate of drug-likeness (QED) is 0.866. The van der Waals surface area contributed by atoms with Crippen LogP contribution in [-0.4, -0.2) is 21.4 Å². The summed E-state index contributed by atoms with van der Waals surface area (Å²) in [6, 6.07) is 9.89. The lowest BCUT2D eigenvalue weighted by atomic mass is 10.2. The molecule has 1 aromatic carbocycles. The van der Waals surface area contributed by atoms with Crippen molar-refractivity contribution in [2.45, 2.75) is 10.8 Å². The van der Waals surface area contributed by atoms with E-state index in [2.05, 4.69) is 5.32 Å². The fourth-order valence-corrected chi connectivity index (χ4v) is 3.42. The lowest BCUT2D eigenvalue weighted by molar-refractivity contribution is 0.0948. The number of nitrogens with one attached hydrogen (secondary N) is 1. The van der Waals surface area contributed by atoms with Crippen molar-refractivity contribution < 1.29 is 17.9 Å². The first-order valence-electron chi connectivity index (χ1n) is 5.94. The molecule has 1 aromatic heterocycles. The van der Waals surface area contributed by atoms with Crippen LogP contribution in [0.4, 0.5) is 0 Å². The number of benzene rings is 1. The maximum absolute atomic E-state index is 12.1. The van der Waals surface area contributed by atoms with Crippen LogP contribution in [-0.2, 0) is 16.6 Å². The topological polar surface area (TPSA) is 98.5 Å². The van der Waals surface area contributed by atoms with Crippen LogP contribution in [0.5, 0.6) is 5.75 Å². The molecule has 0 saturated carbocycles. The van der Waals surface area contributed by atoms with Gasteiger partial charge in [0.2, 0.25) is 10.0 Å². The Morgan fingerprint density at radius 3 is 2.62 bits per heavy atom. The predicted molar refractivity (Wildman–Crippen MR) is 79.9 cm³/mol. The fourth-order valence-electron chi connectivity index (χ4n) is 1.70. The van der Waals surface area contributed by atoms with E-state index >= 15 is 0 Å². The van der Waals surface area contributed by atoms with E-state index in [1.807, 2.05) is 0 Å². The first-order valence-corrected chi connectivity index (χ1v) is 8.31. The molecule has 21 heavy (non-hydrogen) atoms. The van der Waals surface area contributed by atoms with Gasteiger partial charge in [0, 0.05) is 4.88 Å². The van der Waals surface area contributed by atoms with Crippen LogP contribution >= 0.6 is 11.3 Å². The maximum atomic E-state index is 12.1. The Morgan fingerprint density at radius 1 is 1.29 bits per heavy atom. The van der Waals surface area contributed by atoms with Crippen LogP contribution in [0.15, 0.2) is 40.6 Å². The summed E-state index contributed by atoms with van der Waals surface area (Å²) in [4.78, 5) is 12.8. The van der Waals surface area contributed by atoms with Crippen LogP contribution in [0.2, 0.25) is 0 Å². The molecule has 0 radical (unpaired) electrons. The van der Waals surface area contributed by atoms with E-state index < -0.39 is 10.0 Å². The van der Waals surface area contributed by atoms with Gasteiger partial charge < -0.3 is 10.1 Å². The summed E-state index contributed by atoms with van der Waals surface area (Å²) in [5.41, 5.74) is 0.420. The highest BCUT2D eigenvalue weighted by Gasteiger charge is 2.13. The molecule has 2 aromatic rings. The van der Waals surface area contributed by atoms with Crippen molar-refractivity contribution in [1.82, 2.24) is 5.32 Å². The van der Waals surface area contributed by atoms with Gasteiger partial charge in [-0.15, -0.1) is 11.3 Å². The van der Waals surface area contributed by atoms with Crippen molar-refractivity contribution in [2.75, 3.05) is 7.11 Å². The molecule has 0 atom stereocenters. The normalized spacial score (nSPS) is 11.1. The minimum absolute atomic E-state index is 0.0732. The average Bonchev–Trinajstić information content (AvgIpc) is 2.93. The van der Waals surface area contributed by atoms with E-state index in [9.17, 15) is 13.2 Å². The number of sulfonamides is 1. The number of hydrogen-bond acceptors (Lipinski definition) is 5. The summed E-state index contributed by atoms with van der Waals surface area (Å²) in [6.45, 7) is 0.219. The van der Waals surface area contributed by atoms with Crippen molar-refractivity contribution in [3.8, 4) is 5.75 Å². The molecular weight excluding hydrogens is 312 g/mol. The van der Waals surface area contributed by atoms with Gasteiger partial charge in [-0.2, -0.15) is 0 Å². The predicted octanol–water partition coefficient (Wildman–Crippen LogP) is 1.33. The van der Waals surface area contributed by atoms with Gasteiger partial charge in [-0.05, 0) is 24.3 Å². The Kier molecular flexibility index (Phi) is 4.61. The van der Waals surface area contributed by atoms with E-state index in [0.29, 0.717) is 16.2 Å². The second-order valence-electron chi connectivity index (χ2n) is 4.15. The zero-order valence-electron chi connectivity index (χ0n) is 11.2. The lowest BCUT2D eigenvalue weighted by Crippen LogP contribution is -2.22. The van der Waals surface area contributed by atoms with Crippen molar-refractivity contribution in [3.05, 3.63) is 46.8 Å². The Hall–Kier alpha value is -1.90. The molecule has 0 aliphatic carbocycles. The second kappa shape index (κ2) is 6.25. The number of rotatable bonds is 5. The lowest BCUT2D eigenvalue weighted by Gasteiger charge is -2.08. The van der Waals surface area contributed by atoms with Crippen molar-refractivity contribution >= 4 is 27.3 Å². The van der Waals surface area contributed by atoms with Crippen LogP contribution in [0.1, 0.15) is 15.2 Å². The third kappa shape index (κ3) is 3.81. The van der Waals surface area contributed by atoms with Gasteiger partial charge >= 0.3 is 0 Å². The molecule has 8 heteroatoms. The molecule has 1 amide bonds. The summed E-state index contributed by atoms with van der Waals surface area (Å²) in [5.74, 6) is 0.185. The number of thiophene rings is 1. The molecule has 0 bridgehead atoms. The molecule has 0 spiro atoms. The van der Waals surface area contributed by atoms with Gasteiger partial charge in [0.05, 0.1) is 19.2 Å². The summed E-state index contributed by atoms with van der Waals surface area (Å²) >= 11 is 1.03.